The Balaban J connectivity index is 3.64. The maximum absolute atomic E-state index is 9.73. The van der Waals surface area contributed by atoms with E-state index >= 15 is 0 Å². The van der Waals surface area contributed by atoms with Crippen LogP contribution in [-0.4, -0.2) is 33.5 Å². The van der Waals surface area contributed by atoms with E-state index in [0.29, 0.717) is 0 Å². The number of carboxylic acid groups (broad SMARTS) is 1. The number of rotatable bonds is 2. The van der Waals surface area contributed by atoms with Crippen molar-refractivity contribution in [2.75, 3.05) is 0 Å². The number of hydrogen-bond donors (Lipinski definition) is 3. The maximum atomic E-state index is 9.73. The molecule has 0 aromatic carbocycles. The lowest BCUT2D eigenvalue weighted by Gasteiger charge is -2.05. The van der Waals surface area contributed by atoms with Gasteiger partial charge in [0.2, 0.25) is 0 Å². The van der Waals surface area contributed by atoms with Gasteiger partial charge in [0.15, 0.2) is 6.10 Å². The van der Waals surface area contributed by atoms with E-state index in [1.165, 1.54) is 6.92 Å². The number of hydrogen-bond acceptors (Lipinski definition) is 3. The third-order valence-electron chi connectivity index (χ3n) is 0.710. The minimum Gasteiger partial charge on any atom is -0.479 e. The number of aliphatic hydroxyl groups excluding tert-OH is 2. The molecule has 0 aliphatic carbocycles. The van der Waals surface area contributed by atoms with Crippen molar-refractivity contribution < 1.29 is 20.1 Å². The molecule has 4 heteroatoms. The molecule has 0 heterocycles. The lowest BCUT2D eigenvalue weighted by molar-refractivity contribution is -0.151. The second-order valence-electron chi connectivity index (χ2n) is 1.52. The van der Waals surface area contributed by atoms with Gasteiger partial charge in [-0.3, -0.25) is 0 Å². The third-order valence-corrected chi connectivity index (χ3v) is 0.710. The molecule has 0 saturated heterocycles. The lowest BCUT2D eigenvalue weighted by Crippen LogP contribution is -2.30. The van der Waals surface area contributed by atoms with Crippen molar-refractivity contribution in [3.05, 3.63) is 0 Å². The minimum absolute atomic E-state index is 1.20. The van der Waals surface area contributed by atoms with E-state index in [2.05, 4.69) is 0 Å². The Morgan fingerprint density at radius 1 is 1.50 bits per heavy atom. The molecule has 0 bridgehead atoms. The molecule has 0 aliphatic rings. The van der Waals surface area contributed by atoms with Gasteiger partial charge < -0.3 is 15.3 Å². The molecular formula is C4H8O4. The Hall–Kier alpha value is -0.610. The average molecular weight is 120 g/mol. The Labute approximate surface area is 46.4 Å². The van der Waals surface area contributed by atoms with Crippen LogP contribution in [0.2, 0.25) is 0 Å². The van der Waals surface area contributed by atoms with Crippen LogP contribution in [0.15, 0.2) is 0 Å². The summed E-state index contributed by atoms with van der Waals surface area (Å²) in [6.07, 6.45) is -2.86. The second-order valence-corrected chi connectivity index (χ2v) is 1.52. The van der Waals surface area contributed by atoms with Crippen LogP contribution in [0.1, 0.15) is 6.92 Å². The number of carbonyl (C=O) groups is 1. The fraction of sp³-hybridized carbons (Fsp3) is 0.750. The van der Waals surface area contributed by atoms with E-state index in [1.807, 2.05) is 0 Å². The highest BCUT2D eigenvalue weighted by Crippen LogP contribution is 1.89. The Morgan fingerprint density at radius 2 is 1.88 bits per heavy atom. The monoisotopic (exact) mass is 120 g/mol. The van der Waals surface area contributed by atoms with E-state index in [1.54, 1.807) is 0 Å². The Morgan fingerprint density at radius 3 is 1.88 bits per heavy atom. The molecule has 4 nitrogen and oxygen atoms in total. The van der Waals surface area contributed by atoms with Gasteiger partial charge in [0, 0.05) is 0 Å². The van der Waals surface area contributed by atoms with Gasteiger partial charge in [-0.15, -0.1) is 0 Å². The van der Waals surface area contributed by atoms with Crippen molar-refractivity contribution in [3.63, 3.8) is 0 Å². The van der Waals surface area contributed by atoms with E-state index in [0.717, 1.165) is 0 Å². The number of aliphatic hydroxyl groups is 2. The van der Waals surface area contributed by atoms with Gasteiger partial charge in [-0.2, -0.15) is 0 Å². The molecule has 0 radical (unpaired) electrons. The van der Waals surface area contributed by atoms with Crippen molar-refractivity contribution >= 4 is 5.97 Å². The summed E-state index contributed by atoms with van der Waals surface area (Å²) < 4.78 is 0. The molecule has 0 aromatic heterocycles. The van der Waals surface area contributed by atoms with Gasteiger partial charge in [-0.05, 0) is 6.92 Å². The van der Waals surface area contributed by atoms with Crippen LogP contribution in [0.5, 0.6) is 0 Å². The molecule has 8 heavy (non-hydrogen) atoms. The summed E-state index contributed by atoms with van der Waals surface area (Å²) in [7, 11) is 0. The maximum Gasteiger partial charge on any atom is 0.335 e. The first-order valence-corrected chi connectivity index (χ1v) is 2.14. The SMILES string of the molecule is CC(O)[C@@H](O)C(=O)O. The lowest BCUT2D eigenvalue weighted by atomic mass is 10.2. The van der Waals surface area contributed by atoms with E-state index in [-0.39, 0.29) is 0 Å². The molecule has 2 atom stereocenters. The first-order chi connectivity index (χ1) is 3.55. The van der Waals surface area contributed by atoms with Gasteiger partial charge in [-0.1, -0.05) is 0 Å². The van der Waals surface area contributed by atoms with Crippen LogP contribution < -0.4 is 0 Å². The molecular weight excluding hydrogens is 112 g/mol. The molecule has 0 spiro atoms. The highest BCUT2D eigenvalue weighted by atomic mass is 16.4. The summed E-state index contributed by atoms with van der Waals surface area (Å²) in [5.41, 5.74) is 0. The quantitative estimate of drug-likeness (QED) is 0.428. The topological polar surface area (TPSA) is 77.8 Å². The summed E-state index contributed by atoms with van der Waals surface area (Å²) in [6.45, 7) is 1.21. The van der Waals surface area contributed by atoms with Crippen molar-refractivity contribution in [3.8, 4) is 0 Å². The standard InChI is InChI=1S/C4H8O4/c1-2(5)3(6)4(7)8/h2-3,5-6H,1H3,(H,7,8)/t2?,3-/m1/s1. The first kappa shape index (κ1) is 7.39. The fourth-order valence-electron chi connectivity index (χ4n) is 0.206. The van der Waals surface area contributed by atoms with Crippen LogP contribution >= 0.6 is 0 Å². The normalized spacial score (nSPS) is 17.4. The highest BCUT2D eigenvalue weighted by molar-refractivity contribution is 5.72. The largest absolute Gasteiger partial charge is 0.479 e. The minimum atomic E-state index is -1.66. The summed E-state index contributed by atoms with van der Waals surface area (Å²) in [4.78, 5) is 9.73. The molecule has 48 valence electrons. The predicted molar refractivity (Wildman–Crippen MR) is 25.3 cm³/mol. The van der Waals surface area contributed by atoms with Gasteiger partial charge in [-0.25, -0.2) is 4.79 Å². The van der Waals surface area contributed by atoms with E-state index in [9.17, 15) is 4.79 Å². The van der Waals surface area contributed by atoms with Crippen LogP contribution in [-0.2, 0) is 4.79 Å². The summed E-state index contributed by atoms with van der Waals surface area (Å²) in [5, 5.41) is 24.7. The zero-order valence-electron chi connectivity index (χ0n) is 4.40. The molecule has 3 N–H and O–H groups in total. The van der Waals surface area contributed by atoms with Crippen LogP contribution in [0.3, 0.4) is 0 Å². The van der Waals surface area contributed by atoms with E-state index in [4.69, 9.17) is 15.3 Å². The molecule has 0 aliphatic heterocycles. The number of carboxylic acids is 1. The molecule has 0 fully saturated rings. The summed E-state index contributed by atoms with van der Waals surface area (Å²) in [5.74, 6) is -1.40. The van der Waals surface area contributed by atoms with Crippen molar-refractivity contribution in [2.45, 2.75) is 19.1 Å². The summed E-state index contributed by atoms with van der Waals surface area (Å²) in [6, 6.07) is 0. The van der Waals surface area contributed by atoms with E-state index < -0.39 is 18.2 Å². The summed E-state index contributed by atoms with van der Waals surface area (Å²) >= 11 is 0. The Kier molecular flexibility index (Phi) is 2.44. The smallest absolute Gasteiger partial charge is 0.335 e. The molecule has 0 rings (SSSR count). The van der Waals surface area contributed by atoms with Gasteiger partial charge in [0.1, 0.15) is 0 Å². The van der Waals surface area contributed by atoms with Crippen LogP contribution in [0.4, 0.5) is 0 Å². The number of aliphatic carboxylic acids is 1. The van der Waals surface area contributed by atoms with Crippen molar-refractivity contribution in [1.82, 2.24) is 0 Å². The van der Waals surface area contributed by atoms with Gasteiger partial charge in [0.25, 0.3) is 0 Å². The predicted octanol–water partition coefficient (Wildman–Crippen LogP) is -1.19. The fourth-order valence-corrected chi connectivity index (χ4v) is 0.206. The molecule has 1 unspecified atom stereocenters. The van der Waals surface area contributed by atoms with Crippen LogP contribution in [0, 0.1) is 0 Å². The second kappa shape index (κ2) is 2.64. The zero-order valence-corrected chi connectivity index (χ0v) is 4.40. The Bertz CT molecular complexity index is 88.0. The molecule has 0 amide bonds. The average Bonchev–Trinajstić information content (AvgIpc) is 1.64. The van der Waals surface area contributed by atoms with Crippen molar-refractivity contribution in [2.24, 2.45) is 0 Å². The van der Waals surface area contributed by atoms with Gasteiger partial charge in [0.05, 0.1) is 6.10 Å². The third kappa shape index (κ3) is 1.90. The first-order valence-electron chi connectivity index (χ1n) is 2.14. The molecule has 0 saturated carbocycles. The highest BCUT2D eigenvalue weighted by Gasteiger charge is 2.18. The van der Waals surface area contributed by atoms with Crippen molar-refractivity contribution in [1.29, 1.82) is 0 Å². The van der Waals surface area contributed by atoms with Gasteiger partial charge >= 0.3 is 5.97 Å². The molecule has 0 aromatic rings. The zero-order chi connectivity index (χ0) is 6.73. The van der Waals surface area contributed by atoms with Crippen LogP contribution in [0.25, 0.3) is 0 Å².